The predicted octanol–water partition coefficient (Wildman–Crippen LogP) is 7.37. The molecule has 19 heteroatoms. The average Bonchev–Trinajstić information content (AvgIpc) is 3.06. The van der Waals surface area contributed by atoms with Crippen LogP contribution in [0.4, 0.5) is 34.1 Å². The summed E-state index contributed by atoms with van der Waals surface area (Å²) in [6.45, 7) is 0. The average molecular weight is 938 g/mol. The Morgan fingerprint density at radius 3 is 0.592 bits per heavy atom. The van der Waals surface area contributed by atoms with Gasteiger partial charge in [-0.25, -0.2) is 0 Å². The molecular formula is C30H30Cl5N12Ru2. The Balaban J connectivity index is 0.000000233. The van der Waals surface area contributed by atoms with Gasteiger partial charge in [-0.15, -0.1) is 0 Å². The van der Waals surface area contributed by atoms with Crippen molar-refractivity contribution in [3.8, 4) is 34.2 Å². The number of anilines is 6. The first-order valence-electron chi connectivity index (χ1n) is 13.2. The Hall–Kier alpha value is -3.60. The van der Waals surface area contributed by atoms with Crippen LogP contribution in [0.15, 0.2) is 110 Å². The second-order valence-electron chi connectivity index (χ2n) is 9.05. The molecule has 261 valence electrons. The first-order chi connectivity index (χ1) is 23.4. The molecule has 12 N–H and O–H groups in total. The van der Waals surface area contributed by atoms with Crippen molar-refractivity contribution in [3.05, 3.63) is 110 Å². The Morgan fingerprint density at radius 2 is 0.490 bits per heavy atom. The first kappa shape index (κ1) is 41.6. The summed E-state index contributed by atoms with van der Waals surface area (Å²) in [6, 6.07) is 21.0. The number of nitrogen functional groups attached to an aromatic ring is 6. The van der Waals surface area contributed by atoms with Crippen LogP contribution in [0.2, 0.25) is 0 Å². The molecule has 0 fully saturated rings. The van der Waals surface area contributed by atoms with Crippen LogP contribution in [0.5, 0.6) is 0 Å². The molecule has 0 aliphatic heterocycles. The van der Waals surface area contributed by atoms with Gasteiger partial charge in [-0.1, -0.05) is 0 Å². The maximum absolute atomic E-state index is 5.63. The van der Waals surface area contributed by atoms with Crippen molar-refractivity contribution >= 4 is 82.6 Å². The molecule has 49 heavy (non-hydrogen) atoms. The number of rotatable bonds is 3. The van der Waals surface area contributed by atoms with Gasteiger partial charge >= 0.3 is 76.6 Å². The molecule has 0 unspecified atom stereocenters. The molecule has 0 bridgehead atoms. The summed E-state index contributed by atoms with van der Waals surface area (Å²) in [7, 11) is 24.6. The summed E-state index contributed by atoms with van der Waals surface area (Å²) in [5.41, 5.74) is 42.2. The van der Waals surface area contributed by atoms with Gasteiger partial charge in [0, 0.05) is 71.3 Å². The van der Waals surface area contributed by atoms with E-state index < -0.39 is 13.0 Å². The van der Waals surface area contributed by atoms with Gasteiger partial charge in [0.1, 0.15) is 0 Å². The third-order valence-electron chi connectivity index (χ3n) is 5.49. The van der Waals surface area contributed by atoms with E-state index in [0.717, 1.165) is 34.2 Å². The molecule has 0 saturated carbocycles. The molecule has 0 aliphatic rings. The molecule has 0 amide bonds. The molecular weight excluding hydrogens is 908 g/mol. The van der Waals surface area contributed by atoms with Crippen molar-refractivity contribution < 1.29 is 28.1 Å². The van der Waals surface area contributed by atoms with Crippen LogP contribution in [-0.2, 0) is 28.1 Å². The van der Waals surface area contributed by atoms with E-state index in [9.17, 15) is 0 Å². The quantitative estimate of drug-likeness (QED) is 0.0956. The zero-order chi connectivity index (χ0) is 36.2. The van der Waals surface area contributed by atoms with E-state index in [1.54, 1.807) is 110 Å². The zero-order valence-electron chi connectivity index (χ0n) is 25.1. The van der Waals surface area contributed by atoms with Crippen molar-refractivity contribution in [1.29, 1.82) is 0 Å². The third kappa shape index (κ3) is 17.1. The predicted molar refractivity (Wildman–Crippen MR) is 198 cm³/mol. The minimum absolute atomic E-state index is 0.346. The van der Waals surface area contributed by atoms with Gasteiger partial charge in [0.05, 0.1) is 34.2 Å². The van der Waals surface area contributed by atoms with Gasteiger partial charge in [0.15, 0.2) is 0 Å². The Bertz CT molecular complexity index is 1530. The number of nitrogens with zero attached hydrogens (tertiary/aromatic N) is 6. The monoisotopic (exact) mass is 937 g/mol. The molecule has 0 spiro atoms. The summed E-state index contributed by atoms with van der Waals surface area (Å²) in [4.78, 5) is 24.9. The Labute approximate surface area is 316 Å². The molecule has 0 saturated heterocycles. The van der Waals surface area contributed by atoms with E-state index in [4.69, 9.17) is 82.9 Å². The minimum atomic E-state index is -1.75. The van der Waals surface area contributed by atoms with E-state index >= 15 is 0 Å². The number of pyridine rings is 6. The standard InChI is InChI=1S/3C10H10N4.5ClH.2Ru/c3*11-7-1-3-13-9(5-7)10-6-8(12)2-4-14-10;;;;;;;/h3*1-6H,(H2,11,13)(H2,12,14);5*1H;;/q;;;;;;;;+2;+3/p-5. The molecule has 0 atom stereocenters. The van der Waals surface area contributed by atoms with Gasteiger partial charge in [0.25, 0.3) is 0 Å². The van der Waals surface area contributed by atoms with Crippen LogP contribution in [0.1, 0.15) is 0 Å². The summed E-state index contributed by atoms with van der Waals surface area (Å²) >= 11 is -2.10. The van der Waals surface area contributed by atoms with E-state index in [1.165, 1.54) is 0 Å². The summed E-state index contributed by atoms with van der Waals surface area (Å²) in [5, 5.41) is 0. The van der Waals surface area contributed by atoms with Crippen molar-refractivity contribution in [1.82, 2.24) is 29.9 Å². The fourth-order valence-electron chi connectivity index (χ4n) is 3.52. The van der Waals surface area contributed by atoms with Crippen LogP contribution in [0, 0.1) is 0 Å². The van der Waals surface area contributed by atoms with Crippen LogP contribution in [0.3, 0.4) is 0 Å². The third-order valence-corrected chi connectivity index (χ3v) is 5.49. The van der Waals surface area contributed by atoms with Crippen molar-refractivity contribution in [2.45, 2.75) is 0 Å². The summed E-state index contributed by atoms with van der Waals surface area (Å²) in [5.74, 6) is 0. The second kappa shape index (κ2) is 22.9. The molecule has 6 aromatic heterocycles. The Kier molecular flexibility index (Phi) is 19.4. The molecule has 0 aromatic carbocycles. The fraction of sp³-hybridized carbons (Fsp3) is 0. The fourth-order valence-corrected chi connectivity index (χ4v) is 3.52. The maximum atomic E-state index is 5.63. The molecule has 0 radical (unpaired) electrons. The van der Waals surface area contributed by atoms with E-state index in [0.29, 0.717) is 34.1 Å². The van der Waals surface area contributed by atoms with E-state index in [1.807, 2.05) is 0 Å². The molecule has 6 aromatic rings. The molecule has 12 nitrogen and oxygen atoms in total. The van der Waals surface area contributed by atoms with Gasteiger partial charge in [-0.05, 0) is 72.8 Å². The summed E-state index contributed by atoms with van der Waals surface area (Å²) < 4.78 is 0. The van der Waals surface area contributed by atoms with Crippen LogP contribution >= 0.6 is 48.5 Å². The Morgan fingerprint density at radius 1 is 0.367 bits per heavy atom. The molecule has 6 heterocycles. The van der Waals surface area contributed by atoms with Gasteiger partial charge in [-0.2, -0.15) is 0 Å². The zero-order valence-corrected chi connectivity index (χ0v) is 32.4. The number of hydrogen-bond acceptors (Lipinski definition) is 12. The van der Waals surface area contributed by atoms with Gasteiger partial charge in [-0.3, -0.25) is 29.9 Å². The van der Waals surface area contributed by atoms with Gasteiger partial charge in [0.2, 0.25) is 0 Å². The van der Waals surface area contributed by atoms with E-state index in [-0.39, 0.29) is 15.1 Å². The number of aromatic nitrogens is 6. The molecule has 6 rings (SSSR count). The van der Waals surface area contributed by atoms with E-state index in [2.05, 4.69) is 29.9 Å². The number of hydrogen-bond donors (Lipinski definition) is 6. The van der Waals surface area contributed by atoms with Gasteiger partial charge < -0.3 is 34.4 Å². The van der Waals surface area contributed by atoms with Crippen molar-refractivity contribution in [2.75, 3.05) is 34.4 Å². The van der Waals surface area contributed by atoms with Crippen LogP contribution < -0.4 is 34.4 Å². The van der Waals surface area contributed by atoms with Crippen molar-refractivity contribution in [3.63, 3.8) is 0 Å². The normalized spacial score (nSPS) is 9.94. The summed E-state index contributed by atoms with van der Waals surface area (Å²) in [6.07, 6.45) is 9.89. The molecule has 0 aliphatic carbocycles. The number of halogens is 5. The topological polar surface area (TPSA) is 233 Å². The van der Waals surface area contributed by atoms with Crippen molar-refractivity contribution in [2.24, 2.45) is 0 Å². The van der Waals surface area contributed by atoms with Crippen LogP contribution in [0.25, 0.3) is 34.2 Å². The first-order valence-corrected chi connectivity index (χ1v) is 24.4. The number of nitrogens with two attached hydrogens (primary N) is 6. The SMILES string of the molecule is Nc1ccnc(-c2cc(N)ccn2)c1.Nc1ccnc(-c2cc(N)ccn2)c1.Nc1ccnc(-c2cc(N)ccn2)c1.[Cl][Ru]([Cl])[Cl].[Cl][Ru][Cl]. The van der Waals surface area contributed by atoms with Crippen LogP contribution in [-0.4, -0.2) is 29.9 Å². The second-order valence-corrected chi connectivity index (χ2v) is 19.6.